The molecule has 1 N–H and O–H groups in total. The Hall–Kier alpha value is -1.82. The van der Waals surface area contributed by atoms with Gasteiger partial charge in [-0.2, -0.15) is 5.26 Å². The molecular formula is C15H12ClNO. The van der Waals surface area contributed by atoms with Gasteiger partial charge in [-0.05, 0) is 53.9 Å². The lowest BCUT2D eigenvalue weighted by atomic mass is 10.0. The van der Waals surface area contributed by atoms with E-state index in [2.05, 4.69) is 6.07 Å². The molecule has 2 rings (SSSR count). The zero-order chi connectivity index (χ0) is 13.1. The standard InChI is InChI=1S/C15H12ClNO/c1-10(18)13-6-14(8-15(16)7-13)12-4-2-11(9-17)3-5-12/h2-8,10,18H,1H3/t10-/m0/s1. The molecule has 0 amide bonds. The molecule has 2 aromatic rings. The average molecular weight is 258 g/mol. The van der Waals surface area contributed by atoms with Gasteiger partial charge in [-0.1, -0.05) is 23.7 Å². The average Bonchev–Trinajstić information content (AvgIpc) is 2.38. The molecule has 18 heavy (non-hydrogen) atoms. The van der Waals surface area contributed by atoms with Crippen LogP contribution in [0.1, 0.15) is 24.2 Å². The quantitative estimate of drug-likeness (QED) is 0.886. The number of aliphatic hydroxyl groups excluding tert-OH is 1. The summed E-state index contributed by atoms with van der Waals surface area (Å²) in [4.78, 5) is 0. The van der Waals surface area contributed by atoms with Crippen molar-refractivity contribution in [3.8, 4) is 17.2 Å². The number of aliphatic hydroxyl groups is 1. The van der Waals surface area contributed by atoms with Gasteiger partial charge in [-0.25, -0.2) is 0 Å². The van der Waals surface area contributed by atoms with Crippen LogP contribution in [0.3, 0.4) is 0 Å². The molecule has 2 nitrogen and oxygen atoms in total. The Morgan fingerprint density at radius 1 is 1.11 bits per heavy atom. The lowest BCUT2D eigenvalue weighted by Gasteiger charge is -2.09. The Kier molecular flexibility index (Phi) is 3.66. The summed E-state index contributed by atoms with van der Waals surface area (Å²) in [5, 5.41) is 18.9. The Bertz CT molecular complexity index is 597. The maximum Gasteiger partial charge on any atom is 0.0991 e. The second-order valence-corrected chi connectivity index (χ2v) is 4.57. The molecular weight excluding hydrogens is 246 g/mol. The van der Waals surface area contributed by atoms with E-state index in [1.165, 1.54) is 0 Å². The van der Waals surface area contributed by atoms with E-state index in [-0.39, 0.29) is 0 Å². The molecule has 0 saturated carbocycles. The SMILES string of the molecule is C[C@H](O)c1cc(Cl)cc(-c2ccc(C#N)cc2)c1. The summed E-state index contributed by atoms with van der Waals surface area (Å²) < 4.78 is 0. The van der Waals surface area contributed by atoms with Gasteiger partial charge < -0.3 is 5.11 Å². The first kappa shape index (κ1) is 12.6. The van der Waals surface area contributed by atoms with Crippen LogP contribution in [0.15, 0.2) is 42.5 Å². The number of benzene rings is 2. The van der Waals surface area contributed by atoms with Gasteiger partial charge in [0, 0.05) is 5.02 Å². The maximum absolute atomic E-state index is 9.60. The molecule has 1 atom stereocenters. The molecule has 0 heterocycles. The number of halogens is 1. The topological polar surface area (TPSA) is 44.0 Å². The largest absolute Gasteiger partial charge is 0.389 e. The van der Waals surface area contributed by atoms with E-state index in [9.17, 15) is 5.11 Å². The van der Waals surface area contributed by atoms with E-state index in [0.717, 1.165) is 16.7 Å². The van der Waals surface area contributed by atoms with Crippen molar-refractivity contribution in [1.82, 2.24) is 0 Å². The van der Waals surface area contributed by atoms with Crippen molar-refractivity contribution >= 4 is 11.6 Å². The minimum absolute atomic E-state index is 0.555. The first-order valence-corrected chi connectivity index (χ1v) is 5.97. The van der Waals surface area contributed by atoms with Gasteiger partial charge >= 0.3 is 0 Å². The van der Waals surface area contributed by atoms with Gasteiger partial charge in [0.05, 0.1) is 17.7 Å². The van der Waals surface area contributed by atoms with Crippen molar-refractivity contribution in [2.45, 2.75) is 13.0 Å². The highest BCUT2D eigenvalue weighted by molar-refractivity contribution is 6.31. The van der Waals surface area contributed by atoms with Crippen molar-refractivity contribution in [1.29, 1.82) is 5.26 Å². The molecule has 0 aliphatic carbocycles. The lowest BCUT2D eigenvalue weighted by Crippen LogP contribution is -1.91. The molecule has 0 aromatic heterocycles. The van der Waals surface area contributed by atoms with Crippen LogP contribution in [-0.2, 0) is 0 Å². The summed E-state index contributed by atoms with van der Waals surface area (Å²) >= 11 is 6.04. The van der Waals surface area contributed by atoms with Crippen molar-refractivity contribution in [2.24, 2.45) is 0 Å². The fourth-order valence-corrected chi connectivity index (χ4v) is 2.00. The van der Waals surface area contributed by atoms with Gasteiger partial charge in [-0.15, -0.1) is 0 Å². The number of hydrogen-bond acceptors (Lipinski definition) is 2. The van der Waals surface area contributed by atoms with Gasteiger partial charge in [-0.3, -0.25) is 0 Å². The summed E-state index contributed by atoms with van der Waals surface area (Å²) in [6, 6.07) is 14.8. The minimum Gasteiger partial charge on any atom is -0.389 e. The highest BCUT2D eigenvalue weighted by Gasteiger charge is 2.06. The van der Waals surface area contributed by atoms with Gasteiger partial charge in [0.1, 0.15) is 0 Å². The molecule has 3 heteroatoms. The summed E-state index contributed by atoms with van der Waals surface area (Å²) in [5.74, 6) is 0. The molecule has 2 aromatic carbocycles. The summed E-state index contributed by atoms with van der Waals surface area (Å²) in [5.41, 5.74) is 3.31. The van der Waals surface area contributed by atoms with Crippen LogP contribution in [0.2, 0.25) is 5.02 Å². The fraction of sp³-hybridized carbons (Fsp3) is 0.133. The Balaban J connectivity index is 2.46. The highest BCUT2D eigenvalue weighted by Crippen LogP contribution is 2.27. The van der Waals surface area contributed by atoms with Crippen LogP contribution in [0, 0.1) is 11.3 Å². The zero-order valence-corrected chi connectivity index (χ0v) is 10.6. The molecule has 90 valence electrons. The molecule has 0 radical (unpaired) electrons. The third kappa shape index (κ3) is 2.70. The van der Waals surface area contributed by atoms with Crippen LogP contribution in [0.4, 0.5) is 0 Å². The minimum atomic E-state index is -0.555. The van der Waals surface area contributed by atoms with Crippen molar-refractivity contribution < 1.29 is 5.11 Å². The molecule has 0 aliphatic heterocycles. The van der Waals surface area contributed by atoms with Crippen LogP contribution < -0.4 is 0 Å². The first-order valence-electron chi connectivity index (χ1n) is 5.59. The molecule has 0 fully saturated rings. The normalized spacial score (nSPS) is 11.9. The van der Waals surface area contributed by atoms with Gasteiger partial charge in [0.2, 0.25) is 0 Å². The molecule has 0 saturated heterocycles. The van der Waals surface area contributed by atoms with Gasteiger partial charge in [0.25, 0.3) is 0 Å². The Morgan fingerprint density at radius 3 is 2.33 bits per heavy atom. The summed E-state index contributed by atoms with van der Waals surface area (Å²) in [6.45, 7) is 1.70. The third-order valence-corrected chi connectivity index (χ3v) is 2.97. The van der Waals surface area contributed by atoms with Gasteiger partial charge in [0.15, 0.2) is 0 Å². The number of nitrogens with zero attached hydrogens (tertiary/aromatic N) is 1. The molecule has 0 aliphatic rings. The highest BCUT2D eigenvalue weighted by atomic mass is 35.5. The van der Waals surface area contributed by atoms with E-state index in [1.807, 2.05) is 24.3 Å². The van der Waals surface area contributed by atoms with Crippen molar-refractivity contribution in [3.63, 3.8) is 0 Å². The van der Waals surface area contributed by atoms with E-state index < -0.39 is 6.10 Å². The summed E-state index contributed by atoms with van der Waals surface area (Å²) in [6.07, 6.45) is -0.555. The second kappa shape index (κ2) is 5.22. The fourth-order valence-electron chi connectivity index (χ4n) is 1.76. The van der Waals surface area contributed by atoms with E-state index in [4.69, 9.17) is 16.9 Å². The second-order valence-electron chi connectivity index (χ2n) is 4.14. The van der Waals surface area contributed by atoms with Crippen molar-refractivity contribution in [3.05, 3.63) is 58.6 Å². The van der Waals surface area contributed by atoms with Crippen molar-refractivity contribution in [2.75, 3.05) is 0 Å². The predicted octanol–water partition coefficient (Wildman–Crippen LogP) is 3.93. The molecule has 0 unspecified atom stereocenters. The first-order chi connectivity index (χ1) is 8.60. The monoisotopic (exact) mass is 257 g/mol. The number of nitriles is 1. The smallest absolute Gasteiger partial charge is 0.0991 e. The maximum atomic E-state index is 9.60. The van der Waals surface area contributed by atoms with Crippen LogP contribution in [0.5, 0.6) is 0 Å². The zero-order valence-electron chi connectivity index (χ0n) is 9.89. The third-order valence-electron chi connectivity index (χ3n) is 2.75. The van der Waals surface area contributed by atoms with E-state index in [0.29, 0.717) is 10.6 Å². The number of hydrogen-bond donors (Lipinski definition) is 1. The predicted molar refractivity (Wildman–Crippen MR) is 72.2 cm³/mol. The molecule has 0 bridgehead atoms. The number of rotatable bonds is 2. The molecule has 0 spiro atoms. The Morgan fingerprint density at radius 2 is 1.78 bits per heavy atom. The van der Waals surface area contributed by atoms with Crippen LogP contribution in [0.25, 0.3) is 11.1 Å². The lowest BCUT2D eigenvalue weighted by molar-refractivity contribution is 0.199. The van der Waals surface area contributed by atoms with Crippen LogP contribution in [-0.4, -0.2) is 5.11 Å². The van der Waals surface area contributed by atoms with E-state index in [1.54, 1.807) is 25.1 Å². The van der Waals surface area contributed by atoms with Crippen LogP contribution >= 0.6 is 11.6 Å². The summed E-state index contributed by atoms with van der Waals surface area (Å²) in [7, 11) is 0. The Labute approximate surface area is 111 Å². The van der Waals surface area contributed by atoms with E-state index >= 15 is 0 Å².